The monoisotopic (exact) mass is 331 g/mol. The zero-order valence-electron chi connectivity index (χ0n) is 12.4. The fraction of sp³-hybridized carbons (Fsp3) is 0.0556. The minimum atomic E-state index is -0.928. The molecule has 3 rings (SSSR count). The second-order valence-electron chi connectivity index (χ2n) is 4.90. The average molecular weight is 331 g/mol. The highest BCUT2D eigenvalue weighted by Crippen LogP contribution is 2.24. The first-order valence-electron chi connectivity index (χ1n) is 7.07. The number of ether oxygens (including phenoxy) is 2. The maximum Gasteiger partial charge on any atom is 0.219 e. The Morgan fingerprint density at radius 1 is 0.833 bits per heavy atom. The summed E-state index contributed by atoms with van der Waals surface area (Å²) in [7, 11) is 0. The zero-order valence-corrected chi connectivity index (χ0v) is 12.4. The SMILES string of the molecule is Fc1ccc(COc2ccc(Oc3ccccc3F)nc2)cc1F. The minimum absolute atomic E-state index is 0.0619. The number of halogens is 3. The molecule has 6 heteroatoms. The van der Waals surface area contributed by atoms with Crippen molar-refractivity contribution in [2.24, 2.45) is 0 Å². The summed E-state index contributed by atoms with van der Waals surface area (Å²) in [6, 6.07) is 12.6. The van der Waals surface area contributed by atoms with Crippen molar-refractivity contribution < 1.29 is 22.6 Å². The van der Waals surface area contributed by atoms with Gasteiger partial charge in [0, 0.05) is 6.07 Å². The molecule has 122 valence electrons. The quantitative estimate of drug-likeness (QED) is 0.668. The number of hydrogen-bond acceptors (Lipinski definition) is 3. The second-order valence-corrected chi connectivity index (χ2v) is 4.90. The summed E-state index contributed by atoms with van der Waals surface area (Å²) in [5, 5.41) is 0. The summed E-state index contributed by atoms with van der Waals surface area (Å²) in [5.74, 6) is -1.63. The lowest BCUT2D eigenvalue weighted by molar-refractivity contribution is 0.302. The van der Waals surface area contributed by atoms with Crippen molar-refractivity contribution in [1.29, 1.82) is 0 Å². The van der Waals surface area contributed by atoms with Gasteiger partial charge in [-0.05, 0) is 35.9 Å². The van der Waals surface area contributed by atoms with Gasteiger partial charge in [0.05, 0.1) is 6.20 Å². The molecule has 1 heterocycles. The molecule has 0 N–H and O–H groups in total. The standard InChI is InChI=1S/C18H12F3NO2/c19-14-7-5-12(9-16(14)21)11-23-13-6-8-18(22-10-13)24-17-4-2-1-3-15(17)20/h1-10H,11H2. The second kappa shape index (κ2) is 7.04. The third-order valence-electron chi connectivity index (χ3n) is 3.15. The van der Waals surface area contributed by atoms with E-state index in [4.69, 9.17) is 9.47 Å². The predicted octanol–water partition coefficient (Wildman–Crippen LogP) is 4.87. The van der Waals surface area contributed by atoms with E-state index in [1.165, 1.54) is 30.5 Å². The molecule has 0 saturated carbocycles. The minimum Gasteiger partial charge on any atom is -0.487 e. The van der Waals surface area contributed by atoms with Gasteiger partial charge in [-0.1, -0.05) is 18.2 Å². The van der Waals surface area contributed by atoms with E-state index in [0.29, 0.717) is 11.3 Å². The van der Waals surface area contributed by atoms with Crippen molar-refractivity contribution in [3.8, 4) is 17.4 Å². The van der Waals surface area contributed by atoms with Crippen LogP contribution in [0.2, 0.25) is 0 Å². The summed E-state index contributed by atoms with van der Waals surface area (Å²) in [6.07, 6.45) is 1.40. The summed E-state index contributed by atoms with van der Waals surface area (Å²) in [5.41, 5.74) is 0.487. The van der Waals surface area contributed by atoms with Crippen LogP contribution in [0.25, 0.3) is 0 Å². The highest BCUT2D eigenvalue weighted by Gasteiger charge is 2.06. The number of aromatic nitrogens is 1. The van der Waals surface area contributed by atoms with E-state index < -0.39 is 17.5 Å². The lowest BCUT2D eigenvalue weighted by Crippen LogP contribution is -1.98. The molecule has 0 unspecified atom stereocenters. The number of nitrogens with zero attached hydrogens (tertiary/aromatic N) is 1. The first kappa shape index (κ1) is 15.9. The van der Waals surface area contributed by atoms with Crippen molar-refractivity contribution in [2.75, 3.05) is 0 Å². The van der Waals surface area contributed by atoms with Crippen molar-refractivity contribution in [3.05, 3.63) is 83.8 Å². The summed E-state index contributed by atoms with van der Waals surface area (Å²) >= 11 is 0. The van der Waals surface area contributed by atoms with Crippen LogP contribution in [0.4, 0.5) is 13.2 Å². The number of hydrogen-bond donors (Lipinski definition) is 0. The molecular weight excluding hydrogens is 319 g/mol. The molecular formula is C18H12F3NO2. The van der Waals surface area contributed by atoms with Crippen LogP contribution < -0.4 is 9.47 Å². The lowest BCUT2D eigenvalue weighted by Gasteiger charge is -2.08. The Labute approximate surface area is 136 Å². The normalized spacial score (nSPS) is 10.5. The molecule has 0 radical (unpaired) electrons. The molecule has 24 heavy (non-hydrogen) atoms. The van der Waals surface area contributed by atoms with Crippen LogP contribution in [0, 0.1) is 17.5 Å². The van der Waals surface area contributed by atoms with Gasteiger partial charge in [-0.25, -0.2) is 18.2 Å². The summed E-state index contributed by atoms with van der Waals surface area (Å²) in [6.45, 7) is 0.0619. The number of pyridine rings is 1. The Bertz CT molecular complexity index is 838. The van der Waals surface area contributed by atoms with Gasteiger partial charge in [0.2, 0.25) is 5.88 Å². The van der Waals surface area contributed by atoms with Crippen LogP contribution >= 0.6 is 0 Å². The number of rotatable bonds is 5. The van der Waals surface area contributed by atoms with Gasteiger partial charge in [-0.3, -0.25) is 0 Å². The summed E-state index contributed by atoms with van der Waals surface area (Å²) < 4.78 is 50.2. The first-order valence-corrected chi connectivity index (χ1v) is 7.07. The van der Waals surface area contributed by atoms with Crippen LogP contribution in [0.3, 0.4) is 0 Å². The fourth-order valence-electron chi connectivity index (χ4n) is 1.95. The van der Waals surface area contributed by atoms with Gasteiger partial charge in [0.15, 0.2) is 23.2 Å². The Balaban J connectivity index is 1.62. The van der Waals surface area contributed by atoms with Crippen molar-refractivity contribution >= 4 is 0 Å². The Morgan fingerprint density at radius 2 is 1.67 bits per heavy atom. The van der Waals surface area contributed by atoms with E-state index in [2.05, 4.69) is 4.98 Å². The van der Waals surface area contributed by atoms with Gasteiger partial charge >= 0.3 is 0 Å². The van der Waals surface area contributed by atoms with E-state index in [1.807, 2.05) is 0 Å². The van der Waals surface area contributed by atoms with Crippen molar-refractivity contribution in [2.45, 2.75) is 6.61 Å². The zero-order chi connectivity index (χ0) is 16.9. The molecule has 3 nitrogen and oxygen atoms in total. The molecule has 0 spiro atoms. The van der Waals surface area contributed by atoms with E-state index in [0.717, 1.165) is 12.1 Å². The lowest BCUT2D eigenvalue weighted by atomic mass is 10.2. The molecule has 0 bridgehead atoms. The highest BCUT2D eigenvalue weighted by atomic mass is 19.2. The Kier molecular flexibility index (Phi) is 4.65. The molecule has 3 aromatic rings. The molecule has 0 amide bonds. The molecule has 0 aliphatic rings. The van der Waals surface area contributed by atoms with Gasteiger partial charge in [-0.2, -0.15) is 0 Å². The van der Waals surface area contributed by atoms with Crippen LogP contribution in [-0.2, 0) is 6.61 Å². The van der Waals surface area contributed by atoms with E-state index in [1.54, 1.807) is 18.2 Å². The van der Waals surface area contributed by atoms with Crippen LogP contribution in [0.1, 0.15) is 5.56 Å². The maximum absolute atomic E-state index is 13.5. The molecule has 0 fully saturated rings. The molecule has 1 aromatic heterocycles. The van der Waals surface area contributed by atoms with Crippen molar-refractivity contribution in [3.63, 3.8) is 0 Å². The van der Waals surface area contributed by atoms with Gasteiger partial charge < -0.3 is 9.47 Å². The Hall–Kier alpha value is -3.02. The predicted molar refractivity (Wildman–Crippen MR) is 81.4 cm³/mol. The van der Waals surface area contributed by atoms with Gasteiger partial charge in [0.25, 0.3) is 0 Å². The molecule has 0 atom stereocenters. The molecule has 2 aromatic carbocycles. The average Bonchev–Trinajstić information content (AvgIpc) is 2.59. The van der Waals surface area contributed by atoms with Crippen LogP contribution in [0.5, 0.6) is 17.4 Å². The van der Waals surface area contributed by atoms with E-state index in [-0.39, 0.29) is 18.2 Å². The number of para-hydroxylation sites is 1. The van der Waals surface area contributed by atoms with Gasteiger partial charge in [-0.15, -0.1) is 0 Å². The smallest absolute Gasteiger partial charge is 0.219 e. The molecule has 0 aliphatic carbocycles. The third-order valence-corrected chi connectivity index (χ3v) is 3.15. The third kappa shape index (κ3) is 3.84. The topological polar surface area (TPSA) is 31.4 Å². The Morgan fingerprint density at radius 3 is 2.38 bits per heavy atom. The van der Waals surface area contributed by atoms with Crippen LogP contribution in [-0.4, -0.2) is 4.98 Å². The van der Waals surface area contributed by atoms with Gasteiger partial charge in [0.1, 0.15) is 12.4 Å². The first-order chi connectivity index (χ1) is 11.6. The van der Waals surface area contributed by atoms with E-state index in [9.17, 15) is 13.2 Å². The summed E-state index contributed by atoms with van der Waals surface area (Å²) in [4.78, 5) is 4.01. The molecule has 0 aliphatic heterocycles. The molecule has 0 saturated heterocycles. The number of benzene rings is 2. The fourth-order valence-corrected chi connectivity index (χ4v) is 1.95. The van der Waals surface area contributed by atoms with Crippen molar-refractivity contribution in [1.82, 2.24) is 4.98 Å². The highest BCUT2D eigenvalue weighted by molar-refractivity contribution is 5.30. The largest absolute Gasteiger partial charge is 0.487 e. The van der Waals surface area contributed by atoms with E-state index >= 15 is 0 Å². The van der Waals surface area contributed by atoms with Crippen LogP contribution in [0.15, 0.2) is 60.8 Å². The maximum atomic E-state index is 13.5.